The molecule has 2 aromatic rings. The van der Waals surface area contributed by atoms with Crippen molar-refractivity contribution in [3.63, 3.8) is 0 Å². The summed E-state index contributed by atoms with van der Waals surface area (Å²) < 4.78 is 27.6. The molecular formula is C22H26N2O3S. The number of allylic oxidation sites excluding steroid dienone is 2. The van der Waals surface area contributed by atoms with Crippen molar-refractivity contribution in [2.75, 3.05) is 13.1 Å². The van der Waals surface area contributed by atoms with Gasteiger partial charge in [0.05, 0.1) is 5.52 Å². The minimum Gasteiger partial charge on any atom is -0.372 e. The molecule has 2 heterocycles. The predicted octanol–water partition coefficient (Wildman–Crippen LogP) is 3.97. The Morgan fingerprint density at radius 2 is 1.89 bits per heavy atom. The Morgan fingerprint density at radius 1 is 1.18 bits per heavy atom. The van der Waals surface area contributed by atoms with Gasteiger partial charge in [-0.05, 0) is 50.3 Å². The zero-order valence-corrected chi connectivity index (χ0v) is 17.2. The SMILES string of the molecule is CC1CCN(C2=CC(C)(S(=O)(=O)n3cc(C=O)c4ccccc43)CC=C2)CC1. The number of nitrogens with zero attached hydrogens (tertiary/aromatic N) is 2. The number of para-hydroxylation sites is 1. The fraction of sp³-hybridized carbons (Fsp3) is 0.409. The van der Waals surface area contributed by atoms with Crippen molar-refractivity contribution >= 4 is 27.2 Å². The van der Waals surface area contributed by atoms with Crippen molar-refractivity contribution in [3.8, 4) is 0 Å². The summed E-state index contributed by atoms with van der Waals surface area (Å²) in [6, 6.07) is 7.14. The molecule has 1 fully saturated rings. The Labute approximate surface area is 166 Å². The molecule has 4 rings (SSSR count). The number of likely N-dealkylation sites (tertiary alicyclic amines) is 1. The first-order valence-corrected chi connectivity index (χ1v) is 11.2. The molecule has 5 nitrogen and oxygen atoms in total. The van der Waals surface area contributed by atoms with Crippen LogP contribution in [0.1, 0.15) is 43.5 Å². The van der Waals surface area contributed by atoms with Gasteiger partial charge in [0.25, 0.3) is 0 Å². The molecule has 1 saturated heterocycles. The van der Waals surface area contributed by atoms with E-state index in [-0.39, 0.29) is 0 Å². The molecule has 2 aliphatic rings. The quantitative estimate of drug-likeness (QED) is 0.732. The van der Waals surface area contributed by atoms with E-state index in [0.717, 1.165) is 31.6 Å². The van der Waals surface area contributed by atoms with Crippen LogP contribution >= 0.6 is 0 Å². The van der Waals surface area contributed by atoms with Gasteiger partial charge in [-0.25, -0.2) is 12.4 Å². The highest BCUT2D eigenvalue weighted by Gasteiger charge is 2.41. The number of benzene rings is 1. The van der Waals surface area contributed by atoms with Gasteiger partial charge in [-0.15, -0.1) is 0 Å². The highest BCUT2D eigenvalue weighted by molar-refractivity contribution is 7.91. The summed E-state index contributed by atoms with van der Waals surface area (Å²) in [6.45, 7) is 5.94. The van der Waals surface area contributed by atoms with Crippen LogP contribution in [0.4, 0.5) is 0 Å². The molecule has 1 aliphatic carbocycles. The maximum atomic E-state index is 13.7. The third-order valence-corrected chi connectivity index (χ3v) is 8.38. The molecule has 1 aliphatic heterocycles. The second-order valence-corrected chi connectivity index (χ2v) is 10.5. The molecule has 0 N–H and O–H groups in total. The number of aldehydes is 1. The number of piperidine rings is 1. The highest BCUT2D eigenvalue weighted by atomic mass is 32.2. The number of fused-ring (bicyclic) bond motifs is 1. The summed E-state index contributed by atoms with van der Waals surface area (Å²) in [6.07, 6.45) is 10.7. The summed E-state index contributed by atoms with van der Waals surface area (Å²) in [5.74, 6) is 0.715. The Morgan fingerprint density at radius 3 is 2.61 bits per heavy atom. The van der Waals surface area contributed by atoms with Crippen molar-refractivity contribution in [2.45, 2.75) is 37.9 Å². The monoisotopic (exact) mass is 398 g/mol. The summed E-state index contributed by atoms with van der Waals surface area (Å²) in [7, 11) is -3.76. The summed E-state index contributed by atoms with van der Waals surface area (Å²) >= 11 is 0. The van der Waals surface area contributed by atoms with Gasteiger partial charge in [0.15, 0.2) is 6.29 Å². The highest BCUT2D eigenvalue weighted by Crippen LogP contribution is 2.35. The van der Waals surface area contributed by atoms with Crippen LogP contribution in [0.3, 0.4) is 0 Å². The van der Waals surface area contributed by atoms with Crippen LogP contribution in [-0.2, 0) is 10.0 Å². The molecule has 0 radical (unpaired) electrons. The molecule has 0 spiro atoms. The Hall–Kier alpha value is -2.34. The first-order valence-electron chi connectivity index (χ1n) is 9.80. The third kappa shape index (κ3) is 3.00. The van der Waals surface area contributed by atoms with Crippen molar-refractivity contribution in [1.82, 2.24) is 8.87 Å². The molecule has 148 valence electrons. The lowest BCUT2D eigenvalue weighted by Crippen LogP contribution is -2.41. The number of aromatic nitrogens is 1. The van der Waals surface area contributed by atoms with Crippen LogP contribution in [0, 0.1) is 5.92 Å². The molecule has 1 aromatic heterocycles. The van der Waals surface area contributed by atoms with E-state index in [4.69, 9.17) is 0 Å². The molecular weight excluding hydrogens is 372 g/mol. The van der Waals surface area contributed by atoms with Gasteiger partial charge in [-0.2, -0.15) is 0 Å². The van der Waals surface area contributed by atoms with Crippen LogP contribution in [0.2, 0.25) is 0 Å². The maximum Gasteiger partial charge on any atom is 0.248 e. The second-order valence-electron chi connectivity index (χ2n) is 8.18. The Balaban J connectivity index is 1.77. The molecule has 28 heavy (non-hydrogen) atoms. The summed E-state index contributed by atoms with van der Waals surface area (Å²) in [4.78, 5) is 13.7. The largest absolute Gasteiger partial charge is 0.372 e. The first-order chi connectivity index (χ1) is 13.4. The molecule has 0 amide bonds. The zero-order chi connectivity index (χ0) is 19.9. The molecule has 1 unspecified atom stereocenters. The molecule has 1 atom stereocenters. The lowest BCUT2D eigenvalue weighted by molar-refractivity contribution is 0.112. The standard InChI is InChI=1S/C22H26N2O3S/c1-17-9-12-23(13-10-17)19-6-5-11-22(2,14-19)28(26,27)24-15-18(16-25)20-7-3-4-8-21(20)24/h3-8,14-17H,9-13H2,1-2H3. The Bertz CT molecular complexity index is 1070. The lowest BCUT2D eigenvalue weighted by atomic mass is 9.95. The first kappa shape index (κ1) is 19.0. The van der Waals surface area contributed by atoms with Crippen molar-refractivity contribution in [1.29, 1.82) is 0 Å². The molecule has 1 aromatic carbocycles. The number of hydrogen-bond acceptors (Lipinski definition) is 4. The van der Waals surface area contributed by atoms with E-state index in [2.05, 4.69) is 11.8 Å². The summed E-state index contributed by atoms with van der Waals surface area (Å²) in [5.41, 5.74) is 1.92. The van der Waals surface area contributed by atoms with E-state index in [1.165, 1.54) is 10.2 Å². The molecule has 0 saturated carbocycles. The van der Waals surface area contributed by atoms with Gasteiger partial charge in [0.2, 0.25) is 10.0 Å². The second kappa shape index (κ2) is 6.92. The van der Waals surface area contributed by atoms with Crippen LogP contribution in [0.15, 0.2) is 54.4 Å². The van der Waals surface area contributed by atoms with Crippen LogP contribution < -0.4 is 0 Å². The summed E-state index contributed by atoms with van der Waals surface area (Å²) in [5, 5.41) is 0.658. The number of rotatable bonds is 4. The van der Waals surface area contributed by atoms with E-state index in [1.54, 1.807) is 25.1 Å². The van der Waals surface area contributed by atoms with E-state index < -0.39 is 14.8 Å². The van der Waals surface area contributed by atoms with Gasteiger partial charge < -0.3 is 4.90 Å². The van der Waals surface area contributed by atoms with Gasteiger partial charge in [0, 0.05) is 35.9 Å². The lowest BCUT2D eigenvalue weighted by Gasteiger charge is -2.37. The zero-order valence-electron chi connectivity index (χ0n) is 16.3. The van der Waals surface area contributed by atoms with Crippen LogP contribution in [-0.4, -0.2) is 41.4 Å². The van der Waals surface area contributed by atoms with Crippen LogP contribution in [0.25, 0.3) is 10.9 Å². The maximum absolute atomic E-state index is 13.7. The van der Waals surface area contributed by atoms with Gasteiger partial charge in [-0.3, -0.25) is 4.79 Å². The topological polar surface area (TPSA) is 59.4 Å². The van der Waals surface area contributed by atoms with Crippen molar-refractivity contribution < 1.29 is 13.2 Å². The van der Waals surface area contributed by atoms with Gasteiger partial charge in [0.1, 0.15) is 4.75 Å². The normalized spacial score (nSPS) is 23.8. The average molecular weight is 399 g/mol. The predicted molar refractivity (Wildman–Crippen MR) is 112 cm³/mol. The fourth-order valence-corrected chi connectivity index (χ4v) is 5.87. The van der Waals surface area contributed by atoms with E-state index >= 15 is 0 Å². The van der Waals surface area contributed by atoms with Gasteiger partial charge >= 0.3 is 0 Å². The van der Waals surface area contributed by atoms with Crippen LogP contribution in [0.5, 0.6) is 0 Å². The Kier molecular flexibility index (Phi) is 4.70. The van der Waals surface area contributed by atoms with Gasteiger partial charge in [-0.1, -0.05) is 31.2 Å². The smallest absolute Gasteiger partial charge is 0.248 e. The minimum absolute atomic E-state index is 0.392. The number of hydrogen-bond donors (Lipinski definition) is 0. The van der Waals surface area contributed by atoms with E-state index in [0.29, 0.717) is 35.1 Å². The third-order valence-electron chi connectivity index (χ3n) is 6.10. The molecule has 6 heteroatoms. The number of carbonyl (C=O) groups excluding carboxylic acids is 1. The molecule has 0 bridgehead atoms. The average Bonchev–Trinajstić information content (AvgIpc) is 3.08. The minimum atomic E-state index is -3.76. The van der Waals surface area contributed by atoms with Crippen molar-refractivity contribution in [3.05, 3.63) is 60.0 Å². The fourth-order valence-electron chi connectivity index (χ4n) is 4.17. The van der Waals surface area contributed by atoms with E-state index in [1.807, 2.05) is 24.3 Å². The van der Waals surface area contributed by atoms with E-state index in [9.17, 15) is 13.2 Å². The van der Waals surface area contributed by atoms with Crippen molar-refractivity contribution in [2.24, 2.45) is 5.92 Å². The number of carbonyl (C=O) groups is 1.